The molecule has 2 nitrogen and oxygen atoms in total. The van der Waals surface area contributed by atoms with Crippen LogP contribution in [-0.2, 0) is 26.5 Å². The number of fused-ring (bicyclic) bond motifs is 3. The van der Waals surface area contributed by atoms with Gasteiger partial charge in [0.2, 0.25) is 0 Å². The predicted molar refractivity (Wildman–Crippen MR) is 52.9 cm³/mol. The van der Waals surface area contributed by atoms with Crippen molar-refractivity contribution in [2.24, 2.45) is 0 Å². The van der Waals surface area contributed by atoms with E-state index < -0.39 is 0 Å². The summed E-state index contributed by atoms with van der Waals surface area (Å²) in [6.07, 6.45) is 6.48. The monoisotopic (exact) mass is 379 g/mol. The number of aromatic nitrogens is 1. The molecule has 0 atom stereocenters. The number of rotatable bonds is 0. The fourth-order valence-corrected chi connectivity index (χ4v) is 2.15. The third kappa shape index (κ3) is 1.24. The Labute approximate surface area is 103 Å². The third-order valence-corrected chi connectivity index (χ3v) is 3.00. The van der Waals surface area contributed by atoms with Gasteiger partial charge < -0.3 is 9.40 Å². The first kappa shape index (κ1) is 10.6. The summed E-state index contributed by atoms with van der Waals surface area (Å²) in [4.78, 5) is 4.38. The van der Waals surface area contributed by atoms with Crippen LogP contribution < -0.4 is 0 Å². The molecule has 0 amide bonds. The average molecular weight is 379 g/mol. The Bertz CT molecular complexity index is 502. The minimum Gasteiger partial charge on any atom is -0.565 e. The Morgan fingerprint density at radius 1 is 1.33 bits per heavy atom. The Morgan fingerprint density at radius 3 is 2.93 bits per heavy atom. The standard InChI is InChI=1S/C12H10NO.Pt/c1-12(2)9-4-3-5-13-11(9)8-6-14-7-10(8)12;/h3-5,7H,1-2H3;/q-1;. The van der Waals surface area contributed by atoms with E-state index in [1.807, 2.05) is 12.3 Å². The number of pyridine rings is 1. The molecule has 80 valence electrons. The molecule has 0 bridgehead atoms. The zero-order chi connectivity index (χ0) is 9.76. The van der Waals surface area contributed by atoms with Crippen LogP contribution in [0.2, 0.25) is 0 Å². The normalized spacial score (nSPS) is 15.3. The van der Waals surface area contributed by atoms with Gasteiger partial charge in [-0.25, -0.2) is 0 Å². The second-order valence-electron chi connectivity index (χ2n) is 4.15. The molecule has 0 N–H and O–H groups in total. The molecule has 3 rings (SSSR count). The van der Waals surface area contributed by atoms with E-state index in [-0.39, 0.29) is 26.5 Å². The molecule has 0 aliphatic heterocycles. The van der Waals surface area contributed by atoms with Crippen LogP contribution in [-0.4, -0.2) is 4.98 Å². The zero-order valence-corrected chi connectivity index (χ0v) is 10.8. The number of furan rings is 1. The zero-order valence-electron chi connectivity index (χ0n) is 8.48. The SMILES string of the molecule is CC1(C)c2co[c-]c2-c2ncccc21.[Pt]. The quantitative estimate of drug-likeness (QED) is 0.658. The molecule has 1 aliphatic carbocycles. The van der Waals surface area contributed by atoms with Gasteiger partial charge in [0.25, 0.3) is 0 Å². The number of hydrogen-bond donors (Lipinski definition) is 0. The van der Waals surface area contributed by atoms with E-state index in [1.165, 1.54) is 11.1 Å². The van der Waals surface area contributed by atoms with Gasteiger partial charge in [-0.2, -0.15) is 0 Å². The van der Waals surface area contributed by atoms with Crippen LogP contribution in [0.5, 0.6) is 0 Å². The van der Waals surface area contributed by atoms with Crippen molar-refractivity contribution in [3.05, 3.63) is 42.0 Å². The smallest absolute Gasteiger partial charge is 0.0367 e. The van der Waals surface area contributed by atoms with Crippen LogP contribution in [0.3, 0.4) is 0 Å². The first-order valence-corrected chi connectivity index (χ1v) is 4.67. The van der Waals surface area contributed by atoms with E-state index >= 15 is 0 Å². The summed E-state index contributed by atoms with van der Waals surface area (Å²) in [5.74, 6) is 0. The van der Waals surface area contributed by atoms with Gasteiger partial charge in [-0.05, 0) is 23.4 Å². The van der Waals surface area contributed by atoms with Crippen molar-refractivity contribution >= 4 is 0 Å². The summed E-state index contributed by atoms with van der Waals surface area (Å²) in [7, 11) is 0. The molecule has 0 fully saturated rings. The van der Waals surface area contributed by atoms with Gasteiger partial charge in [0.15, 0.2) is 0 Å². The number of nitrogens with zero attached hydrogens (tertiary/aromatic N) is 1. The van der Waals surface area contributed by atoms with Gasteiger partial charge in [0, 0.05) is 33.5 Å². The van der Waals surface area contributed by atoms with E-state index in [4.69, 9.17) is 4.42 Å². The predicted octanol–water partition coefficient (Wildman–Crippen LogP) is 2.78. The van der Waals surface area contributed by atoms with Gasteiger partial charge in [0.05, 0.1) is 0 Å². The average Bonchev–Trinajstić information content (AvgIpc) is 2.72. The van der Waals surface area contributed by atoms with Gasteiger partial charge in [-0.1, -0.05) is 31.0 Å². The largest absolute Gasteiger partial charge is 0.565 e. The fraction of sp³-hybridized carbons (Fsp3) is 0.250. The van der Waals surface area contributed by atoms with Crippen molar-refractivity contribution in [1.29, 1.82) is 0 Å². The van der Waals surface area contributed by atoms with E-state index in [0.29, 0.717) is 0 Å². The molecule has 3 heteroatoms. The summed E-state index contributed by atoms with van der Waals surface area (Å²) in [6.45, 7) is 4.37. The van der Waals surface area contributed by atoms with Crippen molar-refractivity contribution in [2.75, 3.05) is 0 Å². The first-order valence-electron chi connectivity index (χ1n) is 4.67. The molecular weight excluding hydrogens is 369 g/mol. The molecule has 2 heterocycles. The van der Waals surface area contributed by atoms with Crippen LogP contribution in [0.1, 0.15) is 25.0 Å². The molecule has 0 saturated heterocycles. The molecule has 0 spiro atoms. The van der Waals surface area contributed by atoms with E-state index in [2.05, 4.69) is 31.2 Å². The Morgan fingerprint density at radius 2 is 2.13 bits per heavy atom. The van der Waals surface area contributed by atoms with E-state index in [1.54, 1.807) is 6.26 Å². The fourth-order valence-electron chi connectivity index (χ4n) is 2.15. The Balaban J connectivity index is 0.000000853. The second kappa shape index (κ2) is 3.31. The van der Waals surface area contributed by atoms with Crippen LogP contribution in [0.15, 0.2) is 29.0 Å². The Kier molecular flexibility index (Phi) is 2.35. The third-order valence-electron chi connectivity index (χ3n) is 3.00. The first-order chi connectivity index (χ1) is 6.71. The van der Waals surface area contributed by atoms with Crippen molar-refractivity contribution < 1.29 is 25.5 Å². The maximum atomic E-state index is 5.11. The maximum Gasteiger partial charge on any atom is 0.0367 e. The summed E-state index contributed by atoms with van der Waals surface area (Å²) in [6, 6.07) is 4.10. The minimum absolute atomic E-state index is 0. The van der Waals surface area contributed by atoms with Crippen LogP contribution in [0.4, 0.5) is 0 Å². The van der Waals surface area contributed by atoms with Crippen molar-refractivity contribution in [1.82, 2.24) is 4.98 Å². The summed E-state index contributed by atoms with van der Waals surface area (Å²) in [5, 5.41) is 0. The molecular formula is C12H10NOPt-. The van der Waals surface area contributed by atoms with Gasteiger partial charge >= 0.3 is 0 Å². The van der Waals surface area contributed by atoms with E-state index in [0.717, 1.165) is 11.3 Å². The summed E-state index contributed by atoms with van der Waals surface area (Å²) in [5.41, 5.74) is 4.48. The van der Waals surface area contributed by atoms with Crippen molar-refractivity contribution in [3.8, 4) is 11.3 Å². The van der Waals surface area contributed by atoms with Crippen molar-refractivity contribution in [3.63, 3.8) is 0 Å². The van der Waals surface area contributed by atoms with Crippen LogP contribution in [0.25, 0.3) is 11.3 Å². The van der Waals surface area contributed by atoms with Gasteiger partial charge in [0.1, 0.15) is 0 Å². The summed E-state index contributed by atoms with van der Waals surface area (Å²) < 4.78 is 5.11. The van der Waals surface area contributed by atoms with Crippen LogP contribution >= 0.6 is 0 Å². The molecule has 0 unspecified atom stereocenters. The molecule has 2 aromatic heterocycles. The van der Waals surface area contributed by atoms with Crippen molar-refractivity contribution in [2.45, 2.75) is 19.3 Å². The minimum atomic E-state index is 0. The number of hydrogen-bond acceptors (Lipinski definition) is 2. The molecule has 0 aromatic carbocycles. The Hall–Kier alpha value is -0.882. The topological polar surface area (TPSA) is 26.0 Å². The van der Waals surface area contributed by atoms with E-state index in [9.17, 15) is 0 Å². The molecule has 2 aromatic rings. The second-order valence-corrected chi connectivity index (χ2v) is 4.15. The van der Waals surface area contributed by atoms with Crippen LogP contribution in [0, 0.1) is 6.26 Å². The maximum absolute atomic E-state index is 5.11. The summed E-state index contributed by atoms with van der Waals surface area (Å²) >= 11 is 0. The van der Waals surface area contributed by atoms with Gasteiger partial charge in [-0.15, -0.1) is 5.56 Å². The molecule has 1 aliphatic rings. The molecule has 0 saturated carbocycles. The van der Waals surface area contributed by atoms with Gasteiger partial charge in [-0.3, -0.25) is 0 Å². The molecule has 0 radical (unpaired) electrons. The molecule has 15 heavy (non-hydrogen) atoms.